The molecule has 6 heteroatoms. The molecule has 1 saturated heterocycles. The lowest BCUT2D eigenvalue weighted by atomic mass is 9.87. The molecular formula is C25H23N3O3. The highest BCUT2D eigenvalue weighted by molar-refractivity contribution is 6.51. The molecule has 6 nitrogen and oxygen atoms in total. The van der Waals surface area contributed by atoms with E-state index in [1.54, 1.807) is 36.5 Å². The Morgan fingerprint density at radius 3 is 2.19 bits per heavy atom. The summed E-state index contributed by atoms with van der Waals surface area (Å²) in [5.74, 6) is -1.69. The summed E-state index contributed by atoms with van der Waals surface area (Å²) >= 11 is 0. The van der Waals surface area contributed by atoms with Crippen LogP contribution in [-0.2, 0) is 15.0 Å². The van der Waals surface area contributed by atoms with Crippen molar-refractivity contribution in [3.8, 4) is 0 Å². The average molecular weight is 413 g/mol. The Labute approximate surface area is 180 Å². The summed E-state index contributed by atoms with van der Waals surface area (Å²) in [7, 11) is 0. The van der Waals surface area contributed by atoms with Crippen molar-refractivity contribution in [3.63, 3.8) is 0 Å². The Bertz CT molecular complexity index is 1150. The van der Waals surface area contributed by atoms with Gasteiger partial charge in [0.05, 0.1) is 11.3 Å². The third-order valence-corrected chi connectivity index (χ3v) is 5.38. The van der Waals surface area contributed by atoms with E-state index in [9.17, 15) is 14.7 Å². The Hall–Kier alpha value is -3.80. The first-order valence-electron chi connectivity index (χ1n) is 10.0. The molecular weight excluding hydrogens is 390 g/mol. The quantitative estimate of drug-likeness (QED) is 0.391. The smallest absolute Gasteiger partial charge is 0.300 e. The summed E-state index contributed by atoms with van der Waals surface area (Å²) in [4.78, 5) is 35.9. The summed E-state index contributed by atoms with van der Waals surface area (Å²) in [6.45, 7) is 6.32. The second-order valence-corrected chi connectivity index (χ2v) is 8.46. The maximum atomic E-state index is 13.1. The Balaban J connectivity index is 1.89. The fourth-order valence-electron chi connectivity index (χ4n) is 3.70. The van der Waals surface area contributed by atoms with Gasteiger partial charge in [-0.3, -0.25) is 24.5 Å². The highest BCUT2D eigenvalue weighted by atomic mass is 16.3. The molecule has 1 fully saturated rings. The first kappa shape index (κ1) is 20.5. The third kappa shape index (κ3) is 3.72. The van der Waals surface area contributed by atoms with Crippen LogP contribution in [0, 0.1) is 0 Å². The lowest BCUT2D eigenvalue weighted by Gasteiger charge is -2.26. The number of carbonyl (C=O) groups excluding carboxylic acids is 2. The van der Waals surface area contributed by atoms with E-state index in [1.165, 1.54) is 17.3 Å². The molecule has 2 aromatic heterocycles. The molecule has 4 rings (SSSR count). The number of aliphatic hydroxyl groups excluding tert-OH is 1. The first-order valence-corrected chi connectivity index (χ1v) is 10.0. The van der Waals surface area contributed by atoms with E-state index >= 15 is 0 Å². The summed E-state index contributed by atoms with van der Waals surface area (Å²) in [6, 6.07) is 15.2. The van der Waals surface area contributed by atoms with E-state index in [4.69, 9.17) is 0 Å². The molecule has 31 heavy (non-hydrogen) atoms. The molecule has 0 radical (unpaired) electrons. The summed E-state index contributed by atoms with van der Waals surface area (Å²) in [6.07, 6.45) is 4.64. The van der Waals surface area contributed by atoms with Gasteiger partial charge in [-0.1, -0.05) is 39.0 Å². The van der Waals surface area contributed by atoms with E-state index in [2.05, 4.69) is 30.7 Å². The minimum atomic E-state index is -0.838. The average Bonchev–Trinajstić information content (AvgIpc) is 3.04. The van der Waals surface area contributed by atoms with E-state index in [1.807, 2.05) is 24.3 Å². The van der Waals surface area contributed by atoms with Crippen LogP contribution in [0.2, 0.25) is 0 Å². The number of benzene rings is 1. The summed E-state index contributed by atoms with van der Waals surface area (Å²) in [5.41, 5.74) is 2.55. The number of hydrogen-bond donors (Lipinski definition) is 1. The molecule has 0 aliphatic carbocycles. The molecule has 1 aromatic carbocycles. The van der Waals surface area contributed by atoms with Gasteiger partial charge in [-0.25, -0.2) is 0 Å². The molecule has 1 atom stereocenters. The Morgan fingerprint density at radius 2 is 1.61 bits per heavy atom. The van der Waals surface area contributed by atoms with Crippen LogP contribution in [0.3, 0.4) is 0 Å². The molecule has 1 aliphatic heterocycles. The van der Waals surface area contributed by atoms with Gasteiger partial charge in [0.25, 0.3) is 11.7 Å². The largest absolute Gasteiger partial charge is 0.507 e. The molecule has 3 heterocycles. The first-order chi connectivity index (χ1) is 14.8. The fourth-order valence-corrected chi connectivity index (χ4v) is 3.70. The number of aromatic nitrogens is 2. The number of Topliss-reactive ketones (excluding diaryl/α,β-unsaturated/α-hetero) is 1. The van der Waals surface area contributed by atoms with Crippen LogP contribution in [0.25, 0.3) is 5.76 Å². The lowest BCUT2D eigenvalue weighted by molar-refractivity contribution is -0.132. The SMILES string of the molecule is CC(C)(C)c1ccc(N2C(=O)C(=O)/C(=C(/O)c3ccncc3)C2c2ccccn2)cc1. The normalized spacial score (nSPS) is 18.4. The van der Waals surface area contributed by atoms with Gasteiger partial charge in [-0.15, -0.1) is 0 Å². The molecule has 3 aromatic rings. The molecule has 0 spiro atoms. The maximum absolute atomic E-state index is 13.1. The van der Waals surface area contributed by atoms with Gasteiger partial charge in [0, 0.05) is 29.8 Å². The van der Waals surface area contributed by atoms with Crippen LogP contribution in [0.15, 0.2) is 78.8 Å². The van der Waals surface area contributed by atoms with Gasteiger partial charge in [0.2, 0.25) is 0 Å². The van der Waals surface area contributed by atoms with E-state index in [-0.39, 0.29) is 16.7 Å². The molecule has 0 bridgehead atoms. The van der Waals surface area contributed by atoms with Gasteiger partial charge in [-0.2, -0.15) is 0 Å². The number of pyridine rings is 2. The maximum Gasteiger partial charge on any atom is 0.300 e. The lowest BCUT2D eigenvalue weighted by Crippen LogP contribution is -2.30. The van der Waals surface area contributed by atoms with Crippen molar-refractivity contribution in [1.29, 1.82) is 0 Å². The Morgan fingerprint density at radius 1 is 0.935 bits per heavy atom. The minimum absolute atomic E-state index is 0.00907. The number of amides is 1. The Kier molecular flexibility index (Phi) is 5.15. The van der Waals surface area contributed by atoms with E-state index < -0.39 is 17.7 Å². The van der Waals surface area contributed by atoms with Crippen molar-refractivity contribution >= 4 is 23.1 Å². The monoisotopic (exact) mass is 413 g/mol. The zero-order chi connectivity index (χ0) is 22.2. The van der Waals surface area contributed by atoms with E-state index in [0.29, 0.717) is 16.9 Å². The van der Waals surface area contributed by atoms with Crippen LogP contribution < -0.4 is 4.90 Å². The number of anilines is 1. The summed E-state index contributed by atoms with van der Waals surface area (Å²) < 4.78 is 0. The standard InChI is InChI=1S/C25H23N3O3/c1-25(2,3)17-7-9-18(10-8-17)28-21(19-6-4-5-13-27-19)20(23(30)24(28)31)22(29)16-11-14-26-15-12-16/h4-15,21,29H,1-3H3/b22-20+. The number of aliphatic hydroxyl groups is 1. The second kappa shape index (κ2) is 7.80. The van der Waals surface area contributed by atoms with Crippen molar-refractivity contribution in [3.05, 3.63) is 95.6 Å². The van der Waals surface area contributed by atoms with Crippen LogP contribution >= 0.6 is 0 Å². The van der Waals surface area contributed by atoms with Crippen molar-refractivity contribution in [2.45, 2.75) is 32.2 Å². The number of rotatable bonds is 3. The molecule has 0 saturated carbocycles. The van der Waals surface area contributed by atoms with Crippen LogP contribution in [0.1, 0.15) is 43.6 Å². The molecule has 1 unspecified atom stereocenters. The zero-order valence-corrected chi connectivity index (χ0v) is 17.6. The van der Waals surface area contributed by atoms with Gasteiger partial charge in [0.1, 0.15) is 11.8 Å². The van der Waals surface area contributed by atoms with Crippen LogP contribution in [0.5, 0.6) is 0 Å². The molecule has 1 N–H and O–H groups in total. The number of hydrogen-bond acceptors (Lipinski definition) is 5. The fraction of sp³-hybridized carbons (Fsp3) is 0.200. The molecule has 156 valence electrons. The van der Waals surface area contributed by atoms with Crippen LogP contribution in [-0.4, -0.2) is 26.8 Å². The number of carbonyl (C=O) groups is 2. The predicted octanol–water partition coefficient (Wildman–Crippen LogP) is 4.40. The topological polar surface area (TPSA) is 83.4 Å². The van der Waals surface area contributed by atoms with Gasteiger partial charge >= 0.3 is 0 Å². The van der Waals surface area contributed by atoms with Crippen LogP contribution in [0.4, 0.5) is 5.69 Å². The van der Waals surface area contributed by atoms with Crippen molar-refractivity contribution < 1.29 is 14.7 Å². The minimum Gasteiger partial charge on any atom is -0.507 e. The van der Waals surface area contributed by atoms with Crippen molar-refractivity contribution in [1.82, 2.24) is 9.97 Å². The van der Waals surface area contributed by atoms with Gasteiger partial charge in [0.15, 0.2) is 0 Å². The number of nitrogens with zero attached hydrogens (tertiary/aromatic N) is 3. The summed E-state index contributed by atoms with van der Waals surface area (Å²) in [5, 5.41) is 11.0. The van der Waals surface area contributed by atoms with E-state index in [0.717, 1.165) is 5.56 Å². The highest BCUT2D eigenvalue weighted by Crippen LogP contribution is 2.41. The van der Waals surface area contributed by atoms with Crippen molar-refractivity contribution in [2.24, 2.45) is 0 Å². The predicted molar refractivity (Wildman–Crippen MR) is 118 cm³/mol. The van der Waals surface area contributed by atoms with Gasteiger partial charge < -0.3 is 5.11 Å². The molecule has 1 aliphatic rings. The second-order valence-electron chi connectivity index (χ2n) is 8.46. The van der Waals surface area contributed by atoms with Crippen molar-refractivity contribution in [2.75, 3.05) is 4.90 Å². The zero-order valence-electron chi connectivity index (χ0n) is 17.6. The number of ketones is 1. The third-order valence-electron chi connectivity index (χ3n) is 5.38. The van der Waals surface area contributed by atoms with Gasteiger partial charge in [-0.05, 0) is 47.4 Å². The highest BCUT2D eigenvalue weighted by Gasteiger charge is 2.47. The molecule has 1 amide bonds.